The topological polar surface area (TPSA) is 76.0 Å². The van der Waals surface area contributed by atoms with Crippen LogP contribution in [0.2, 0.25) is 0 Å². The second kappa shape index (κ2) is 9.51. The van der Waals surface area contributed by atoms with Crippen molar-refractivity contribution in [1.82, 2.24) is 0 Å². The molecule has 2 heterocycles. The minimum Gasteiger partial charge on any atom is -0.494 e. The molecule has 6 nitrogen and oxygen atoms in total. The van der Waals surface area contributed by atoms with Gasteiger partial charge < -0.3 is 9.64 Å². The normalized spacial score (nSPS) is 24.3. The van der Waals surface area contributed by atoms with Crippen molar-refractivity contribution in [3.63, 3.8) is 0 Å². The predicted molar refractivity (Wildman–Crippen MR) is 120 cm³/mol. The van der Waals surface area contributed by atoms with Crippen molar-refractivity contribution < 1.29 is 17.9 Å². The summed E-state index contributed by atoms with van der Waals surface area (Å²) in [5.74, 6) is 0.738. The van der Waals surface area contributed by atoms with Crippen LogP contribution in [0, 0.1) is 5.92 Å². The Balaban J connectivity index is 1.92. The van der Waals surface area contributed by atoms with Crippen molar-refractivity contribution in [3.05, 3.63) is 24.3 Å². The summed E-state index contributed by atoms with van der Waals surface area (Å²) in [4.78, 5) is 19.0. The van der Waals surface area contributed by atoms with Crippen LogP contribution in [-0.2, 0) is 14.6 Å². The molecule has 8 heteroatoms. The maximum atomic E-state index is 12.7. The van der Waals surface area contributed by atoms with E-state index in [0.29, 0.717) is 11.8 Å². The third-order valence-corrected chi connectivity index (χ3v) is 8.68. The van der Waals surface area contributed by atoms with Gasteiger partial charge in [-0.2, -0.15) is 4.99 Å². The number of rotatable bonds is 8. The number of aliphatic imine (C=N–C) groups is 1. The zero-order valence-corrected chi connectivity index (χ0v) is 19.0. The molecule has 0 spiro atoms. The molecular formula is C21H30N2O4S2. The lowest BCUT2D eigenvalue weighted by Gasteiger charge is -2.25. The number of anilines is 1. The van der Waals surface area contributed by atoms with Crippen molar-refractivity contribution in [2.75, 3.05) is 23.0 Å². The van der Waals surface area contributed by atoms with E-state index in [0.717, 1.165) is 37.1 Å². The number of thioether (sulfide) groups is 1. The third-order valence-electron chi connectivity index (χ3n) is 5.47. The van der Waals surface area contributed by atoms with Crippen LogP contribution in [0.15, 0.2) is 29.3 Å². The lowest BCUT2D eigenvalue weighted by Crippen LogP contribution is -2.37. The Morgan fingerprint density at radius 3 is 2.72 bits per heavy atom. The first-order valence-corrected chi connectivity index (χ1v) is 13.1. The van der Waals surface area contributed by atoms with Crippen molar-refractivity contribution in [2.24, 2.45) is 10.9 Å². The number of benzene rings is 1. The molecule has 0 aromatic heterocycles. The summed E-state index contributed by atoms with van der Waals surface area (Å²) in [6.07, 6.45) is 3.53. The molecule has 0 radical (unpaired) electrons. The number of sulfone groups is 1. The lowest BCUT2D eigenvalue weighted by atomic mass is 10.0. The first-order valence-electron chi connectivity index (χ1n) is 10.4. The van der Waals surface area contributed by atoms with Gasteiger partial charge in [0.25, 0.3) is 5.91 Å². The highest BCUT2D eigenvalue weighted by Gasteiger charge is 2.49. The van der Waals surface area contributed by atoms with Gasteiger partial charge in [-0.25, -0.2) is 8.42 Å². The Labute approximate surface area is 178 Å². The molecule has 0 N–H and O–H groups in total. The Morgan fingerprint density at radius 2 is 2.03 bits per heavy atom. The molecule has 2 saturated heterocycles. The summed E-state index contributed by atoms with van der Waals surface area (Å²) in [5.41, 5.74) is 0.826. The Morgan fingerprint density at radius 1 is 1.28 bits per heavy atom. The van der Waals surface area contributed by atoms with E-state index in [-0.39, 0.29) is 34.6 Å². The molecule has 3 rings (SSSR count). The molecule has 0 aliphatic carbocycles. The first-order chi connectivity index (χ1) is 13.9. The second-order valence-corrected chi connectivity index (χ2v) is 11.0. The van der Waals surface area contributed by atoms with Gasteiger partial charge in [0, 0.05) is 22.9 Å². The summed E-state index contributed by atoms with van der Waals surface area (Å²) in [6, 6.07) is 7.44. The fraction of sp³-hybridized carbons (Fsp3) is 0.619. The number of hydrogen-bond donors (Lipinski definition) is 0. The number of fused-ring (bicyclic) bond motifs is 1. The van der Waals surface area contributed by atoms with Crippen LogP contribution in [-0.4, -0.2) is 48.9 Å². The summed E-state index contributed by atoms with van der Waals surface area (Å²) < 4.78 is 30.3. The molecule has 2 aliphatic rings. The summed E-state index contributed by atoms with van der Waals surface area (Å²) in [7, 11) is -3.09. The lowest BCUT2D eigenvalue weighted by molar-refractivity contribution is -0.121. The largest absolute Gasteiger partial charge is 0.494 e. The quantitative estimate of drug-likeness (QED) is 0.573. The molecule has 2 fully saturated rings. The number of ether oxygens (including phenoxy) is 1. The van der Waals surface area contributed by atoms with E-state index in [2.05, 4.69) is 11.9 Å². The monoisotopic (exact) mass is 438 g/mol. The zero-order valence-electron chi connectivity index (χ0n) is 17.3. The predicted octanol–water partition coefficient (Wildman–Crippen LogP) is 3.90. The van der Waals surface area contributed by atoms with Crippen molar-refractivity contribution in [1.29, 1.82) is 0 Å². The highest BCUT2D eigenvalue weighted by atomic mass is 32.2. The molecule has 29 heavy (non-hydrogen) atoms. The third kappa shape index (κ3) is 5.15. The fourth-order valence-corrected chi connectivity index (χ4v) is 7.67. The number of amides is 1. The van der Waals surface area contributed by atoms with E-state index in [1.807, 2.05) is 43.0 Å². The van der Waals surface area contributed by atoms with E-state index in [9.17, 15) is 13.2 Å². The van der Waals surface area contributed by atoms with Gasteiger partial charge in [-0.15, -0.1) is 0 Å². The summed E-state index contributed by atoms with van der Waals surface area (Å²) >= 11 is 1.42. The molecule has 2 aliphatic heterocycles. The van der Waals surface area contributed by atoms with Gasteiger partial charge in [0.1, 0.15) is 5.75 Å². The van der Waals surface area contributed by atoms with Crippen LogP contribution in [0.25, 0.3) is 0 Å². The molecule has 0 saturated carbocycles. The van der Waals surface area contributed by atoms with Crippen molar-refractivity contribution >= 4 is 38.4 Å². The minimum atomic E-state index is -3.09. The number of carbonyl (C=O) groups excluding carboxylic acids is 1. The average Bonchev–Trinajstić information content (AvgIpc) is 3.14. The van der Waals surface area contributed by atoms with Crippen LogP contribution in [0.4, 0.5) is 5.69 Å². The standard InChI is InChI=1S/C21H30N2O4S2/c1-4-7-11-27-17-10-8-9-16(12-17)23-18-13-29(25,26)14-19(18)28-21(23)22-20(24)15(5-2)6-3/h8-10,12,15,18-19H,4-7,11,13-14H2,1-3H3/t18-,19+/m1/s1. The van der Waals surface area contributed by atoms with E-state index >= 15 is 0 Å². The van der Waals surface area contributed by atoms with Crippen molar-refractivity contribution in [3.8, 4) is 5.75 Å². The molecule has 1 aromatic rings. The molecule has 0 bridgehead atoms. The Kier molecular flexibility index (Phi) is 7.27. The molecular weight excluding hydrogens is 408 g/mol. The Hall–Kier alpha value is -1.54. The smallest absolute Gasteiger partial charge is 0.251 e. The average molecular weight is 439 g/mol. The molecule has 2 atom stereocenters. The maximum absolute atomic E-state index is 12.7. The molecule has 0 unspecified atom stereocenters. The Bertz CT molecular complexity index is 865. The van der Waals surface area contributed by atoms with Gasteiger partial charge in [0.15, 0.2) is 15.0 Å². The molecule has 1 aromatic carbocycles. The SMILES string of the molecule is CCCCOc1cccc(N2C(=NC(=O)C(CC)CC)S[C@H]3CS(=O)(=O)C[C@H]32)c1. The van der Waals surface area contributed by atoms with E-state index in [1.165, 1.54) is 11.8 Å². The highest BCUT2D eigenvalue weighted by molar-refractivity contribution is 8.16. The van der Waals surface area contributed by atoms with Gasteiger partial charge in [-0.05, 0) is 31.4 Å². The van der Waals surface area contributed by atoms with Gasteiger partial charge in [0.2, 0.25) is 0 Å². The molecule has 1 amide bonds. The van der Waals surface area contributed by atoms with E-state index < -0.39 is 9.84 Å². The summed E-state index contributed by atoms with van der Waals surface area (Å²) in [5, 5.41) is 0.510. The molecule has 160 valence electrons. The second-order valence-electron chi connectivity index (χ2n) is 7.62. The minimum absolute atomic E-state index is 0.0871. The number of unbranched alkanes of at least 4 members (excludes halogenated alkanes) is 1. The van der Waals surface area contributed by atoms with Crippen LogP contribution in [0.5, 0.6) is 5.75 Å². The number of hydrogen-bond acceptors (Lipinski definition) is 5. The van der Waals surface area contributed by atoms with Crippen LogP contribution >= 0.6 is 11.8 Å². The highest BCUT2D eigenvalue weighted by Crippen LogP contribution is 2.41. The summed E-state index contributed by atoms with van der Waals surface area (Å²) in [6.45, 7) is 6.74. The maximum Gasteiger partial charge on any atom is 0.251 e. The van der Waals surface area contributed by atoms with Crippen LogP contribution in [0.3, 0.4) is 0 Å². The van der Waals surface area contributed by atoms with Crippen LogP contribution in [0.1, 0.15) is 46.5 Å². The fourth-order valence-electron chi connectivity index (χ4n) is 3.75. The van der Waals surface area contributed by atoms with Crippen molar-refractivity contribution in [2.45, 2.75) is 57.7 Å². The van der Waals surface area contributed by atoms with E-state index in [1.54, 1.807) is 0 Å². The van der Waals surface area contributed by atoms with Gasteiger partial charge in [-0.1, -0.05) is 45.0 Å². The van der Waals surface area contributed by atoms with Gasteiger partial charge in [-0.3, -0.25) is 4.79 Å². The van der Waals surface area contributed by atoms with Crippen LogP contribution < -0.4 is 9.64 Å². The van der Waals surface area contributed by atoms with E-state index in [4.69, 9.17) is 4.74 Å². The number of carbonyl (C=O) groups is 1. The number of nitrogens with zero attached hydrogens (tertiary/aromatic N) is 2. The zero-order chi connectivity index (χ0) is 21.0. The van der Waals surface area contributed by atoms with Gasteiger partial charge >= 0.3 is 0 Å². The van der Waals surface area contributed by atoms with Gasteiger partial charge in [0.05, 0.1) is 24.2 Å². The number of amidine groups is 1. The first kappa shape index (κ1) is 22.2.